The maximum atomic E-state index is 11.8. The summed E-state index contributed by atoms with van der Waals surface area (Å²) >= 11 is 0. The van der Waals surface area contributed by atoms with Crippen molar-refractivity contribution in [2.45, 2.75) is 27.2 Å². The second kappa shape index (κ2) is 4.01. The minimum Gasteiger partial charge on any atom is -0.299 e. The highest BCUT2D eigenvalue weighted by Gasteiger charge is 2.35. The second-order valence-corrected chi connectivity index (χ2v) is 6.76. The van der Waals surface area contributed by atoms with Crippen LogP contribution >= 0.6 is 0 Å². The Hall–Kier alpha value is -0.380. The van der Waals surface area contributed by atoms with Crippen LogP contribution in [0, 0.1) is 17.8 Å². The first kappa shape index (κ1) is 11.7. The highest BCUT2D eigenvalue weighted by Crippen LogP contribution is 2.25. The molecule has 0 aromatic carbocycles. The Kier molecular flexibility index (Phi) is 3.35. The molecule has 0 aliphatic carbocycles. The van der Waals surface area contributed by atoms with Crippen LogP contribution in [0.4, 0.5) is 0 Å². The number of carbonyl (C=O) groups is 1. The molecule has 1 rings (SSSR count). The molecule has 2 unspecified atom stereocenters. The van der Waals surface area contributed by atoms with Crippen molar-refractivity contribution in [3.8, 4) is 0 Å². The summed E-state index contributed by atoms with van der Waals surface area (Å²) in [5, 5.41) is 0. The lowest BCUT2D eigenvalue weighted by atomic mass is 9.86. The summed E-state index contributed by atoms with van der Waals surface area (Å²) in [6.07, 6.45) is 0.526. The largest absolute Gasteiger partial charge is 0.299 e. The third kappa shape index (κ3) is 2.56. The number of Topliss-reactive ketones (excluding diaryl/α,β-unsaturated/α-hetero) is 1. The van der Waals surface area contributed by atoms with E-state index in [-0.39, 0.29) is 29.1 Å². The summed E-state index contributed by atoms with van der Waals surface area (Å²) < 4.78 is 22.4. The van der Waals surface area contributed by atoms with Crippen LogP contribution in [0.3, 0.4) is 0 Å². The first-order chi connectivity index (χ1) is 6.33. The third-order valence-electron chi connectivity index (χ3n) is 3.08. The standard InChI is InChI=1S/C10H18O3S/c1-7(2)8(3)10(11)9-4-5-14(12,13)6-9/h7-9H,4-6H2,1-3H3. The predicted octanol–water partition coefficient (Wildman–Crippen LogP) is 1.28. The maximum Gasteiger partial charge on any atom is 0.151 e. The Balaban J connectivity index is 2.65. The quantitative estimate of drug-likeness (QED) is 0.717. The molecule has 2 atom stereocenters. The molecule has 0 N–H and O–H groups in total. The molecule has 1 aliphatic heterocycles. The van der Waals surface area contributed by atoms with Gasteiger partial charge in [0.1, 0.15) is 5.78 Å². The van der Waals surface area contributed by atoms with Crippen molar-refractivity contribution in [1.82, 2.24) is 0 Å². The molecule has 4 heteroatoms. The fourth-order valence-corrected chi connectivity index (χ4v) is 3.47. The van der Waals surface area contributed by atoms with Crippen LogP contribution in [0.1, 0.15) is 27.2 Å². The smallest absolute Gasteiger partial charge is 0.151 e. The molecule has 14 heavy (non-hydrogen) atoms. The van der Waals surface area contributed by atoms with Crippen LogP contribution in [0.15, 0.2) is 0 Å². The van der Waals surface area contributed by atoms with E-state index in [2.05, 4.69) is 0 Å². The molecule has 3 nitrogen and oxygen atoms in total. The van der Waals surface area contributed by atoms with Gasteiger partial charge < -0.3 is 0 Å². The van der Waals surface area contributed by atoms with E-state index in [9.17, 15) is 13.2 Å². The molecule has 1 aliphatic rings. The molecule has 0 bridgehead atoms. The van der Waals surface area contributed by atoms with Gasteiger partial charge in [-0.05, 0) is 12.3 Å². The number of carbonyl (C=O) groups excluding carboxylic acids is 1. The zero-order chi connectivity index (χ0) is 10.9. The number of rotatable bonds is 3. The fourth-order valence-electron chi connectivity index (χ4n) is 1.72. The van der Waals surface area contributed by atoms with E-state index in [0.717, 1.165) is 0 Å². The summed E-state index contributed by atoms with van der Waals surface area (Å²) in [6, 6.07) is 0. The van der Waals surface area contributed by atoms with Gasteiger partial charge in [-0.15, -0.1) is 0 Å². The molecule has 1 heterocycles. The van der Waals surface area contributed by atoms with Crippen LogP contribution in [0.25, 0.3) is 0 Å². The Morgan fingerprint density at radius 2 is 1.86 bits per heavy atom. The van der Waals surface area contributed by atoms with Gasteiger partial charge in [0.2, 0.25) is 0 Å². The summed E-state index contributed by atoms with van der Waals surface area (Å²) in [5.41, 5.74) is 0. The van der Waals surface area contributed by atoms with Gasteiger partial charge in [0.05, 0.1) is 11.5 Å². The zero-order valence-corrected chi connectivity index (χ0v) is 9.80. The van der Waals surface area contributed by atoms with Gasteiger partial charge in [0.15, 0.2) is 9.84 Å². The first-order valence-electron chi connectivity index (χ1n) is 5.07. The SMILES string of the molecule is CC(C)C(C)C(=O)C1CCS(=O)(=O)C1. The number of sulfone groups is 1. The second-order valence-electron chi connectivity index (χ2n) is 4.54. The lowest BCUT2D eigenvalue weighted by molar-refractivity contribution is -0.126. The van der Waals surface area contributed by atoms with Crippen molar-refractivity contribution in [2.24, 2.45) is 17.8 Å². The van der Waals surface area contributed by atoms with E-state index >= 15 is 0 Å². The van der Waals surface area contributed by atoms with E-state index in [1.165, 1.54) is 0 Å². The topological polar surface area (TPSA) is 51.2 Å². The van der Waals surface area contributed by atoms with E-state index in [0.29, 0.717) is 12.3 Å². The minimum atomic E-state index is -2.92. The van der Waals surface area contributed by atoms with Gasteiger partial charge >= 0.3 is 0 Å². The van der Waals surface area contributed by atoms with Crippen molar-refractivity contribution in [2.75, 3.05) is 11.5 Å². The summed E-state index contributed by atoms with van der Waals surface area (Å²) in [7, 11) is -2.92. The highest BCUT2D eigenvalue weighted by molar-refractivity contribution is 7.91. The van der Waals surface area contributed by atoms with Crippen LogP contribution < -0.4 is 0 Å². The molecule has 1 fully saturated rings. The zero-order valence-electron chi connectivity index (χ0n) is 8.99. The van der Waals surface area contributed by atoms with Crippen molar-refractivity contribution >= 4 is 15.6 Å². The predicted molar refractivity (Wildman–Crippen MR) is 55.8 cm³/mol. The Morgan fingerprint density at radius 1 is 1.29 bits per heavy atom. The molecule has 82 valence electrons. The van der Waals surface area contributed by atoms with Gasteiger partial charge in [0, 0.05) is 11.8 Å². The maximum absolute atomic E-state index is 11.8. The summed E-state index contributed by atoms with van der Waals surface area (Å²) in [5.74, 6) is 0.425. The molecule has 0 aromatic heterocycles. The molecule has 0 aromatic rings. The molecule has 0 amide bonds. The average molecular weight is 218 g/mol. The Bertz CT molecular complexity index is 316. The van der Waals surface area contributed by atoms with Gasteiger partial charge in [-0.1, -0.05) is 20.8 Å². The summed E-state index contributed by atoms with van der Waals surface area (Å²) in [6.45, 7) is 5.87. The lowest BCUT2D eigenvalue weighted by Gasteiger charge is -2.17. The van der Waals surface area contributed by atoms with Gasteiger partial charge in [0.25, 0.3) is 0 Å². The normalized spacial score (nSPS) is 27.9. The number of ketones is 1. The fraction of sp³-hybridized carbons (Fsp3) is 0.900. The van der Waals surface area contributed by atoms with Crippen LogP contribution in [-0.2, 0) is 14.6 Å². The molecular formula is C10H18O3S. The van der Waals surface area contributed by atoms with E-state index in [1.807, 2.05) is 20.8 Å². The van der Waals surface area contributed by atoms with Gasteiger partial charge in [-0.25, -0.2) is 8.42 Å². The van der Waals surface area contributed by atoms with E-state index in [4.69, 9.17) is 0 Å². The average Bonchev–Trinajstić information content (AvgIpc) is 2.43. The Morgan fingerprint density at radius 3 is 2.21 bits per heavy atom. The van der Waals surface area contributed by atoms with Gasteiger partial charge in [-0.3, -0.25) is 4.79 Å². The highest BCUT2D eigenvalue weighted by atomic mass is 32.2. The molecule has 0 spiro atoms. The lowest BCUT2D eigenvalue weighted by Crippen LogP contribution is -2.26. The van der Waals surface area contributed by atoms with Crippen molar-refractivity contribution in [1.29, 1.82) is 0 Å². The van der Waals surface area contributed by atoms with Crippen molar-refractivity contribution in [3.05, 3.63) is 0 Å². The number of hydrogen-bond acceptors (Lipinski definition) is 3. The number of hydrogen-bond donors (Lipinski definition) is 0. The molecule has 0 saturated carbocycles. The molecule has 0 radical (unpaired) electrons. The van der Waals surface area contributed by atoms with Crippen LogP contribution in [0.5, 0.6) is 0 Å². The third-order valence-corrected chi connectivity index (χ3v) is 4.85. The van der Waals surface area contributed by atoms with Crippen molar-refractivity contribution < 1.29 is 13.2 Å². The summed E-state index contributed by atoms with van der Waals surface area (Å²) in [4.78, 5) is 11.8. The minimum absolute atomic E-state index is 0.0201. The van der Waals surface area contributed by atoms with E-state index < -0.39 is 9.84 Å². The first-order valence-corrected chi connectivity index (χ1v) is 6.90. The monoisotopic (exact) mass is 218 g/mol. The molecule has 1 saturated heterocycles. The van der Waals surface area contributed by atoms with Crippen molar-refractivity contribution in [3.63, 3.8) is 0 Å². The van der Waals surface area contributed by atoms with E-state index in [1.54, 1.807) is 0 Å². The Labute approximate surface area is 85.8 Å². The van der Waals surface area contributed by atoms with Crippen LogP contribution in [0.2, 0.25) is 0 Å². The molecular weight excluding hydrogens is 200 g/mol. The van der Waals surface area contributed by atoms with Gasteiger partial charge in [-0.2, -0.15) is 0 Å². The van der Waals surface area contributed by atoms with Crippen LogP contribution in [-0.4, -0.2) is 25.7 Å².